The Morgan fingerprint density at radius 2 is 2.08 bits per heavy atom. The molecule has 1 N–H and O–H groups in total. The van der Waals surface area contributed by atoms with Crippen molar-refractivity contribution in [2.75, 3.05) is 33.9 Å². The lowest BCUT2D eigenvalue weighted by Crippen LogP contribution is -2.49. The minimum Gasteiger partial charge on any atom is -0.496 e. The van der Waals surface area contributed by atoms with Gasteiger partial charge in [-0.1, -0.05) is 17.7 Å². The van der Waals surface area contributed by atoms with Crippen molar-refractivity contribution in [1.82, 2.24) is 15.3 Å². The predicted molar refractivity (Wildman–Crippen MR) is 97.7 cm³/mol. The molecule has 6 nitrogen and oxygen atoms in total. The summed E-state index contributed by atoms with van der Waals surface area (Å²) in [7, 11) is 2.97. The van der Waals surface area contributed by atoms with Crippen LogP contribution in [0.4, 0.5) is 0 Å². The van der Waals surface area contributed by atoms with E-state index in [4.69, 9.17) is 33.3 Å². The molecule has 1 aromatic carbocycles. The third kappa shape index (κ3) is 3.57. The molecule has 0 atom stereocenters. The number of halogens is 1. The van der Waals surface area contributed by atoms with Crippen molar-refractivity contribution in [1.29, 1.82) is 0 Å². The van der Waals surface area contributed by atoms with Gasteiger partial charge in [0.15, 0.2) is 10.9 Å². The van der Waals surface area contributed by atoms with Gasteiger partial charge in [0, 0.05) is 19.6 Å². The Morgan fingerprint density at radius 3 is 2.71 bits per heavy atom. The molecule has 130 valence electrons. The lowest BCUT2D eigenvalue weighted by atomic mass is 10.1. The van der Waals surface area contributed by atoms with Crippen LogP contribution in [0.15, 0.2) is 24.8 Å². The van der Waals surface area contributed by atoms with E-state index < -0.39 is 0 Å². The number of hydrogen-bond donors (Lipinski definition) is 1. The van der Waals surface area contributed by atoms with E-state index >= 15 is 0 Å². The summed E-state index contributed by atoms with van der Waals surface area (Å²) in [6.45, 7) is 5.38. The van der Waals surface area contributed by atoms with E-state index in [1.54, 1.807) is 28.2 Å². The van der Waals surface area contributed by atoms with E-state index in [2.05, 4.69) is 11.9 Å². The van der Waals surface area contributed by atoms with Gasteiger partial charge in [0.2, 0.25) is 0 Å². The molecule has 1 aliphatic rings. The van der Waals surface area contributed by atoms with E-state index in [1.165, 1.54) is 14.2 Å². The average Bonchev–Trinajstić information content (AvgIpc) is 3.08. The number of benzene rings is 1. The number of nitrogens with one attached hydrogen (secondary N) is 1. The Balaban J connectivity index is 2.35. The lowest BCUT2D eigenvalue weighted by molar-refractivity contribution is 0.0485. The van der Waals surface area contributed by atoms with Gasteiger partial charge >= 0.3 is 0 Å². The molecule has 1 heterocycles. The van der Waals surface area contributed by atoms with Crippen molar-refractivity contribution in [2.45, 2.75) is 6.42 Å². The Kier molecular flexibility index (Phi) is 6.28. The van der Waals surface area contributed by atoms with Crippen LogP contribution in [0.2, 0.25) is 5.02 Å². The number of rotatable bonds is 5. The normalized spacial score (nSPS) is 13.6. The quantitative estimate of drug-likeness (QED) is 0.635. The number of hydrazine groups is 1. The molecule has 1 amide bonds. The first-order valence-electron chi connectivity index (χ1n) is 7.43. The number of hydrogen-bond acceptors (Lipinski definition) is 4. The van der Waals surface area contributed by atoms with E-state index in [-0.39, 0.29) is 17.2 Å². The molecule has 0 aromatic heterocycles. The summed E-state index contributed by atoms with van der Waals surface area (Å²) in [4.78, 5) is 13.1. The van der Waals surface area contributed by atoms with Gasteiger partial charge in [-0.05, 0) is 30.8 Å². The molecule has 0 aliphatic carbocycles. The highest BCUT2D eigenvalue weighted by molar-refractivity contribution is 7.80. The highest BCUT2D eigenvalue weighted by Gasteiger charge is 2.33. The summed E-state index contributed by atoms with van der Waals surface area (Å²) in [5, 5.41) is 7.17. The molecular formula is C16H20ClN3O3S. The maximum Gasteiger partial charge on any atom is 0.280 e. The van der Waals surface area contributed by atoms with Crippen molar-refractivity contribution in [2.24, 2.45) is 0 Å². The molecule has 1 aromatic rings. The number of methoxy groups -OCH3 is 2. The number of thiocarbonyl (C=S) groups is 1. The van der Waals surface area contributed by atoms with Crippen LogP contribution in [0.1, 0.15) is 16.8 Å². The van der Waals surface area contributed by atoms with Crippen LogP contribution in [0.5, 0.6) is 11.5 Å². The molecule has 0 radical (unpaired) electrons. The summed E-state index contributed by atoms with van der Waals surface area (Å²) >= 11 is 11.5. The second kappa shape index (κ2) is 8.21. The van der Waals surface area contributed by atoms with Crippen molar-refractivity contribution in [3.05, 3.63) is 35.4 Å². The molecule has 2 rings (SSSR count). The summed E-state index contributed by atoms with van der Waals surface area (Å²) < 4.78 is 10.6. The number of carbonyl (C=O) groups excluding carboxylic acids is 1. The minimum atomic E-state index is -0.272. The fourth-order valence-electron chi connectivity index (χ4n) is 2.53. The summed E-state index contributed by atoms with van der Waals surface area (Å²) in [5.41, 5.74) is 0.283. The molecule has 0 spiro atoms. The van der Waals surface area contributed by atoms with Crippen LogP contribution in [0.25, 0.3) is 0 Å². The van der Waals surface area contributed by atoms with Gasteiger partial charge in [0.25, 0.3) is 5.91 Å². The first-order valence-corrected chi connectivity index (χ1v) is 8.22. The molecule has 24 heavy (non-hydrogen) atoms. The summed E-state index contributed by atoms with van der Waals surface area (Å²) in [5.74, 6) is 0.419. The number of carbonyl (C=O) groups is 1. The highest BCUT2D eigenvalue weighted by atomic mass is 35.5. The number of ether oxygens (including phenoxy) is 2. The molecule has 1 aliphatic heterocycles. The molecule has 1 saturated heterocycles. The van der Waals surface area contributed by atoms with E-state index in [0.29, 0.717) is 35.5 Å². The molecule has 1 fully saturated rings. The second-order valence-electron chi connectivity index (χ2n) is 5.04. The SMILES string of the molecule is C=CCNC(=S)N1CCCN1C(=O)c1c(OC)ccc(Cl)c1OC. The zero-order valence-corrected chi connectivity index (χ0v) is 15.2. The van der Waals surface area contributed by atoms with Crippen LogP contribution in [0, 0.1) is 0 Å². The van der Waals surface area contributed by atoms with Crippen molar-refractivity contribution in [3.8, 4) is 11.5 Å². The number of nitrogens with zero attached hydrogens (tertiary/aromatic N) is 2. The number of amides is 1. The van der Waals surface area contributed by atoms with E-state index in [9.17, 15) is 4.79 Å². The second-order valence-corrected chi connectivity index (χ2v) is 5.83. The smallest absolute Gasteiger partial charge is 0.280 e. The van der Waals surface area contributed by atoms with Gasteiger partial charge in [0.05, 0.1) is 19.2 Å². The van der Waals surface area contributed by atoms with Gasteiger partial charge in [0.1, 0.15) is 11.3 Å². The Bertz CT molecular complexity index is 654. The van der Waals surface area contributed by atoms with Gasteiger partial charge in [-0.3, -0.25) is 9.80 Å². The molecule has 0 saturated carbocycles. The van der Waals surface area contributed by atoms with Gasteiger partial charge in [-0.2, -0.15) is 0 Å². The Hall–Kier alpha value is -1.99. The third-order valence-corrected chi connectivity index (χ3v) is 4.26. The van der Waals surface area contributed by atoms with Crippen molar-refractivity contribution < 1.29 is 14.3 Å². The Labute approximate surface area is 151 Å². The third-order valence-electron chi connectivity index (χ3n) is 3.61. The summed E-state index contributed by atoms with van der Waals surface area (Å²) in [6, 6.07) is 3.28. The average molecular weight is 370 g/mol. The zero-order valence-electron chi connectivity index (χ0n) is 13.7. The molecule has 0 unspecified atom stereocenters. The van der Waals surface area contributed by atoms with Crippen molar-refractivity contribution in [3.63, 3.8) is 0 Å². The molecule has 0 bridgehead atoms. The van der Waals surface area contributed by atoms with Crippen LogP contribution in [-0.4, -0.2) is 54.9 Å². The fraction of sp³-hybridized carbons (Fsp3) is 0.375. The lowest BCUT2D eigenvalue weighted by Gasteiger charge is -2.30. The van der Waals surface area contributed by atoms with Gasteiger partial charge < -0.3 is 14.8 Å². The van der Waals surface area contributed by atoms with Crippen molar-refractivity contribution >= 4 is 34.8 Å². The standard InChI is InChI=1S/C16H20ClN3O3S/c1-4-8-18-16(24)20-10-5-9-19(20)15(21)13-12(22-2)7-6-11(17)14(13)23-3/h4,6-7H,1,5,8-10H2,2-3H3,(H,18,24). The van der Waals surface area contributed by atoms with Crippen LogP contribution in [0.3, 0.4) is 0 Å². The largest absolute Gasteiger partial charge is 0.496 e. The fourth-order valence-corrected chi connectivity index (χ4v) is 3.03. The maximum absolute atomic E-state index is 13.1. The van der Waals surface area contributed by atoms with E-state index in [1.807, 2.05) is 0 Å². The predicted octanol–water partition coefficient (Wildman–Crippen LogP) is 2.48. The molecule has 8 heteroatoms. The molecular weight excluding hydrogens is 350 g/mol. The monoisotopic (exact) mass is 369 g/mol. The first-order chi connectivity index (χ1) is 11.5. The van der Waals surface area contributed by atoms with E-state index in [0.717, 1.165) is 6.42 Å². The minimum absolute atomic E-state index is 0.272. The Morgan fingerprint density at radius 1 is 1.38 bits per heavy atom. The van der Waals surface area contributed by atoms with Gasteiger partial charge in [-0.15, -0.1) is 6.58 Å². The first kappa shape index (κ1) is 18.4. The van der Waals surface area contributed by atoms with Crippen LogP contribution < -0.4 is 14.8 Å². The highest BCUT2D eigenvalue weighted by Crippen LogP contribution is 2.36. The topological polar surface area (TPSA) is 54.0 Å². The summed E-state index contributed by atoms with van der Waals surface area (Å²) in [6.07, 6.45) is 2.52. The maximum atomic E-state index is 13.1. The van der Waals surface area contributed by atoms with Crippen LogP contribution >= 0.6 is 23.8 Å². The van der Waals surface area contributed by atoms with Crippen LogP contribution in [-0.2, 0) is 0 Å². The zero-order chi connectivity index (χ0) is 17.7. The van der Waals surface area contributed by atoms with Gasteiger partial charge in [-0.25, -0.2) is 5.01 Å².